The van der Waals surface area contributed by atoms with Gasteiger partial charge in [0.15, 0.2) is 0 Å². The Balaban J connectivity index is 1.45. The van der Waals surface area contributed by atoms with Gasteiger partial charge in [-0.2, -0.15) is 0 Å². The molecule has 0 unspecified atom stereocenters. The number of hydrogen-bond donors (Lipinski definition) is 1. The van der Waals surface area contributed by atoms with Gasteiger partial charge in [0.1, 0.15) is 6.54 Å². The molecule has 2 aliphatic rings. The van der Waals surface area contributed by atoms with Gasteiger partial charge in [0.05, 0.1) is 24.0 Å². The zero-order valence-electron chi connectivity index (χ0n) is 15.9. The summed E-state index contributed by atoms with van der Waals surface area (Å²) in [4.78, 5) is 30.7. The molecule has 5 nitrogen and oxygen atoms in total. The van der Waals surface area contributed by atoms with Crippen molar-refractivity contribution in [3.8, 4) is 0 Å². The number of carbonyl (C=O) groups excluding carboxylic acids is 2. The Morgan fingerprint density at radius 1 is 1.07 bits per heavy atom. The summed E-state index contributed by atoms with van der Waals surface area (Å²) >= 11 is 1.79. The van der Waals surface area contributed by atoms with E-state index in [-0.39, 0.29) is 30.9 Å². The molecular formula is C23H21N3O2S. The molecule has 0 aliphatic carbocycles. The smallest absolute Gasteiger partial charge is 0.244 e. The molecule has 3 heterocycles. The van der Waals surface area contributed by atoms with Crippen LogP contribution in [0.15, 0.2) is 66.0 Å². The second-order valence-electron chi connectivity index (χ2n) is 7.38. The van der Waals surface area contributed by atoms with E-state index in [1.54, 1.807) is 16.2 Å². The molecule has 0 saturated heterocycles. The topological polar surface area (TPSA) is 52.7 Å². The highest BCUT2D eigenvalue weighted by molar-refractivity contribution is 7.10. The van der Waals surface area contributed by atoms with Crippen molar-refractivity contribution in [2.24, 2.45) is 0 Å². The molecule has 0 fully saturated rings. The standard InChI is InChI=1S/C23H21N3O2S/c27-21-14-26(19-9-5-4-8-18(19)24-21)22(28)15-25-12-10-20-17(11-13-29-20)23(25)16-6-2-1-3-7-16/h1-9,11,13,23H,10,12,14-15H2,(H,24,27)/t23-/m1/s1. The van der Waals surface area contributed by atoms with Crippen LogP contribution in [0.3, 0.4) is 0 Å². The van der Waals surface area contributed by atoms with Crippen LogP contribution < -0.4 is 10.2 Å². The molecule has 1 N–H and O–H groups in total. The molecule has 0 saturated carbocycles. The molecule has 0 bridgehead atoms. The number of benzene rings is 2. The summed E-state index contributed by atoms with van der Waals surface area (Å²) in [6.45, 7) is 1.15. The minimum atomic E-state index is -0.157. The van der Waals surface area contributed by atoms with Crippen molar-refractivity contribution in [1.82, 2.24) is 4.90 Å². The number of carbonyl (C=O) groups is 2. The van der Waals surface area contributed by atoms with Crippen LogP contribution in [0.2, 0.25) is 0 Å². The number of rotatable bonds is 3. The van der Waals surface area contributed by atoms with Crippen LogP contribution in [0.4, 0.5) is 11.4 Å². The Bertz CT molecular complexity index is 1060. The molecule has 5 rings (SSSR count). The van der Waals surface area contributed by atoms with Crippen LogP contribution in [0.25, 0.3) is 0 Å². The summed E-state index contributed by atoms with van der Waals surface area (Å²) in [7, 11) is 0. The van der Waals surface area contributed by atoms with Crippen molar-refractivity contribution in [1.29, 1.82) is 0 Å². The lowest BCUT2D eigenvalue weighted by Crippen LogP contribution is -2.48. The van der Waals surface area contributed by atoms with E-state index in [1.165, 1.54) is 16.0 Å². The lowest BCUT2D eigenvalue weighted by Gasteiger charge is -2.37. The number of para-hydroxylation sites is 2. The average molecular weight is 404 g/mol. The summed E-state index contributed by atoms with van der Waals surface area (Å²) in [5, 5.41) is 4.98. The first kappa shape index (κ1) is 18.1. The highest BCUT2D eigenvalue weighted by Gasteiger charge is 2.33. The molecule has 0 spiro atoms. The van der Waals surface area contributed by atoms with Crippen molar-refractivity contribution in [3.63, 3.8) is 0 Å². The van der Waals surface area contributed by atoms with E-state index in [1.807, 2.05) is 42.5 Å². The monoisotopic (exact) mass is 403 g/mol. The number of nitrogens with one attached hydrogen (secondary N) is 1. The van der Waals surface area contributed by atoms with Crippen LogP contribution in [0.1, 0.15) is 22.0 Å². The first-order valence-electron chi connectivity index (χ1n) is 9.75. The van der Waals surface area contributed by atoms with Gasteiger partial charge < -0.3 is 5.32 Å². The van der Waals surface area contributed by atoms with Gasteiger partial charge in [-0.05, 0) is 41.1 Å². The van der Waals surface area contributed by atoms with Crippen LogP contribution in [0, 0.1) is 0 Å². The summed E-state index contributed by atoms with van der Waals surface area (Å²) in [6.07, 6.45) is 0.945. The fourth-order valence-electron chi connectivity index (χ4n) is 4.28. The van der Waals surface area contributed by atoms with Crippen LogP contribution in [0.5, 0.6) is 0 Å². The predicted molar refractivity (Wildman–Crippen MR) is 115 cm³/mol. The van der Waals surface area contributed by atoms with E-state index >= 15 is 0 Å². The number of fused-ring (bicyclic) bond motifs is 2. The van der Waals surface area contributed by atoms with Gasteiger partial charge in [0, 0.05) is 11.4 Å². The third-order valence-electron chi connectivity index (χ3n) is 5.59. The maximum atomic E-state index is 13.3. The quantitative estimate of drug-likeness (QED) is 0.726. The van der Waals surface area contributed by atoms with Crippen molar-refractivity contribution < 1.29 is 9.59 Å². The van der Waals surface area contributed by atoms with Gasteiger partial charge in [-0.1, -0.05) is 42.5 Å². The van der Waals surface area contributed by atoms with Crippen LogP contribution >= 0.6 is 11.3 Å². The Kier molecular flexibility index (Phi) is 4.66. The minimum Gasteiger partial charge on any atom is -0.323 e. The van der Waals surface area contributed by atoms with Crippen molar-refractivity contribution >= 4 is 34.5 Å². The summed E-state index contributed by atoms with van der Waals surface area (Å²) in [6, 6.07) is 20.1. The SMILES string of the molecule is O=C1CN(C(=O)CN2CCc3sccc3[C@H]2c2ccccc2)c2ccccc2N1. The Morgan fingerprint density at radius 2 is 1.86 bits per heavy atom. The number of nitrogens with zero attached hydrogens (tertiary/aromatic N) is 2. The highest BCUT2D eigenvalue weighted by atomic mass is 32.1. The Labute approximate surface area is 173 Å². The van der Waals surface area contributed by atoms with Crippen molar-refractivity contribution in [2.45, 2.75) is 12.5 Å². The maximum absolute atomic E-state index is 13.3. The van der Waals surface area contributed by atoms with E-state index in [0.717, 1.165) is 18.7 Å². The van der Waals surface area contributed by atoms with E-state index < -0.39 is 0 Å². The number of amides is 2. The van der Waals surface area contributed by atoms with E-state index in [2.05, 4.69) is 33.8 Å². The predicted octanol–water partition coefficient (Wildman–Crippen LogP) is 3.68. The molecular weight excluding hydrogens is 382 g/mol. The molecule has 3 aromatic rings. The number of anilines is 2. The second kappa shape index (κ2) is 7.46. The van der Waals surface area contributed by atoms with Gasteiger partial charge in [0.2, 0.25) is 11.8 Å². The summed E-state index contributed by atoms with van der Waals surface area (Å²) in [5.74, 6) is -0.206. The zero-order valence-corrected chi connectivity index (χ0v) is 16.7. The molecule has 6 heteroatoms. The number of thiophene rings is 1. The first-order valence-corrected chi connectivity index (χ1v) is 10.6. The third kappa shape index (κ3) is 3.34. The zero-order chi connectivity index (χ0) is 19.8. The summed E-state index contributed by atoms with van der Waals surface area (Å²) in [5.41, 5.74) is 3.94. The second-order valence-corrected chi connectivity index (χ2v) is 8.38. The molecule has 29 heavy (non-hydrogen) atoms. The first-order chi connectivity index (χ1) is 14.2. The molecule has 146 valence electrons. The molecule has 1 atom stereocenters. The Morgan fingerprint density at radius 3 is 2.72 bits per heavy atom. The fourth-order valence-corrected chi connectivity index (χ4v) is 5.18. The van der Waals surface area contributed by atoms with Gasteiger partial charge >= 0.3 is 0 Å². The van der Waals surface area contributed by atoms with Crippen LogP contribution in [-0.2, 0) is 16.0 Å². The molecule has 2 aliphatic heterocycles. The van der Waals surface area contributed by atoms with Crippen molar-refractivity contribution in [2.75, 3.05) is 29.9 Å². The van der Waals surface area contributed by atoms with Gasteiger partial charge in [-0.3, -0.25) is 19.4 Å². The lowest BCUT2D eigenvalue weighted by molar-refractivity contribution is -0.123. The van der Waals surface area contributed by atoms with Crippen molar-refractivity contribution in [3.05, 3.63) is 82.0 Å². The van der Waals surface area contributed by atoms with Crippen LogP contribution in [-0.4, -0.2) is 36.3 Å². The molecule has 2 aromatic carbocycles. The van der Waals surface area contributed by atoms with Gasteiger partial charge in [-0.15, -0.1) is 11.3 Å². The highest BCUT2D eigenvalue weighted by Crippen LogP contribution is 2.38. The average Bonchev–Trinajstić information content (AvgIpc) is 3.22. The fraction of sp³-hybridized carbons (Fsp3) is 0.217. The lowest BCUT2D eigenvalue weighted by atomic mass is 9.93. The Hall–Kier alpha value is -2.96. The maximum Gasteiger partial charge on any atom is 0.244 e. The van der Waals surface area contributed by atoms with Gasteiger partial charge in [-0.25, -0.2) is 0 Å². The normalized spacial score (nSPS) is 18.7. The van der Waals surface area contributed by atoms with Gasteiger partial charge in [0.25, 0.3) is 0 Å². The number of hydrogen-bond acceptors (Lipinski definition) is 4. The van der Waals surface area contributed by atoms with E-state index in [4.69, 9.17) is 0 Å². The summed E-state index contributed by atoms with van der Waals surface area (Å²) < 4.78 is 0. The molecule has 2 amide bonds. The van der Waals surface area contributed by atoms with E-state index in [9.17, 15) is 9.59 Å². The minimum absolute atomic E-state index is 0.0492. The third-order valence-corrected chi connectivity index (χ3v) is 6.59. The molecule has 0 radical (unpaired) electrons. The largest absolute Gasteiger partial charge is 0.323 e. The van der Waals surface area contributed by atoms with E-state index in [0.29, 0.717) is 5.69 Å². The molecule has 1 aromatic heterocycles.